The highest BCUT2D eigenvalue weighted by Crippen LogP contribution is 2.18. The molecule has 94 valence electrons. The lowest BCUT2D eigenvalue weighted by Gasteiger charge is -2.23. The Morgan fingerprint density at radius 2 is 1.82 bits per heavy atom. The summed E-state index contributed by atoms with van der Waals surface area (Å²) in [6, 6.07) is 8.87. The maximum absolute atomic E-state index is 3.55. The lowest BCUT2D eigenvalue weighted by atomic mass is 9.98. The summed E-state index contributed by atoms with van der Waals surface area (Å²) in [6.45, 7) is 7.94. The van der Waals surface area contributed by atoms with Gasteiger partial charge in [-0.15, -0.1) is 0 Å². The molecule has 1 aliphatic heterocycles. The van der Waals surface area contributed by atoms with E-state index in [2.05, 4.69) is 48.7 Å². The van der Waals surface area contributed by atoms with Crippen LogP contribution in [0.3, 0.4) is 0 Å². The van der Waals surface area contributed by atoms with Crippen molar-refractivity contribution in [3.63, 3.8) is 0 Å². The fraction of sp³-hybridized carbons (Fsp3) is 0.600. The Morgan fingerprint density at radius 3 is 2.41 bits per heavy atom. The van der Waals surface area contributed by atoms with Gasteiger partial charge in [0.15, 0.2) is 0 Å². The summed E-state index contributed by atoms with van der Waals surface area (Å²) < 4.78 is 0. The molecule has 1 aromatic rings. The second-order valence-corrected chi connectivity index (χ2v) is 5.35. The highest BCUT2D eigenvalue weighted by molar-refractivity contribution is 5.45. The number of hydrogen-bond acceptors (Lipinski definition) is 2. The number of hydrogen-bond donors (Lipinski definition) is 2. The molecule has 2 rings (SSSR count). The first-order valence-corrected chi connectivity index (χ1v) is 6.80. The van der Waals surface area contributed by atoms with E-state index in [1.165, 1.54) is 37.2 Å². The van der Waals surface area contributed by atoms with E-state index in [4.69, 9.17) is 0 Å². The lowest BCUT2D eigenvalue weighted by Crippen LogP contribution is -2.31. The second-order valence-electron chi connectivity index (χ2n) is 5.35. The average molecular weight is 232 g/mol. The van der Waals surface area contributed by atoms with Crippen molar-refractivity contribution in [2.45, 2.75) is 32.6 Å². The molecule has 0 amide bonds. The first-order chi connectivity index (χ1) is 8.25. The highest BCUT2D eigenvalue weighted by atomic mass is 14.9. The number of rotatable bonds is 4. The third-order valence-corrected chi connectivity index (χ3v) is 3.63. The number of piperidine rings is 1. The molecule has 0 aromatic heterocycles. The van der Waals surface area contributed by atoms with Crippen molar-refractivity contribution < 1.29 is 0 Å². The van der Waals surface area contributed by atoms with Gasteiger partial charge in [0.05, 0.1) is 0 Å². The van der Waals surface area contributed by atoms with Crippen molar-refractivity contribution in [1.29, 1.82) is 0 Å². The Labute approximate surface area is 105 Å². The molecule has 1 aromatic carbocycles. The summed E-state index contributed by atoms with van der Waals surface area (Å²) in [7, 11) is 0. The van der Waals surface area contributed by atoms with Gasteiger partial charge in [-0.2, -0.15) is 0 Å². The Bertz CT molecular complexity index is 323. The first-order valence-electron chi connectivity index (χ1n) is 6.80. The molecule has 1 fully saturated rings. The van der Waals surface area contributed by atoms with Crippen LogP contribution in [0.25, 0.3) is 0 Å². The zero-order valence-electron chi connectivity index (χ0n) is 11.0. The minimum Gasteiger partial charge on any atom is -0.385 e. The molecule has 2 N–H and O–H groups in total. The van der Waals surface area contributed by atoms with Crippen LogP contribution in [-0.4, -0.2) is 19.6 Å². The van der Waals surface area contributed by atoms with Crippen molar-refractivity contribution in [3.8, 4) is 0 Å². The predicted molar refractivity (Wildman–Crippen MR) is 74.6 cm³/mol. The van der Waals surface area contributed by atoms with Crippen molar-refractivity contribution in [1.82, 2.24) is 5.32 Å². The number of nitrogens with one attached hydrogen (secondary N) is 2. The molecule has 2 nitrogen and oxygen atoms in total. The molecular weight excluding hydrogens is 208 g/mol. The van der Waals surface area contributed by atoms with Crippen LogP contribution in [-0.2, 0) is 0 Å². The summed E-state index contributed by atoms with van der Waals surface area (Å²) in [6.07, 6.45) is 2.61. The summed E-state index contributed by atoms with van der Waals surface area (Å²) in [5, 5.41) is 6.96. The molecule has 0 aliphatic carbocycles. The van der Waals surface area contributed by atoms with Crippen LogP contribution >= 0.6 is 0 Å². The molecule has 1 heterocycles. The quantitative estimate of drug-likeness (QED) is 0.833. The maximum atomic E-state index is 3.55. The van der Waals surface area contributed by atoms with E-state index in [0.29, 0.717) is 5.92 Å². The third kappa shape index (κ3) is 3.74. The molecule has 0 radical (unpaired) electrons. The summed E-state index contributed by atoms with van der Waals surface area (Å²) in [5.74, 6) is 1.45. The lowest BCUT2D eigenvalue weighted by molar-refractivity contribution is 0.390. The number of anilines is 1. The van der Waals surface area contributed by atoms with Crippen molar-refractivity contribution >= 4 is 5.69 Å². The molecule has 2 heteroatoms. The van der Waals surface area contributed by atoms with Gasteiger partial charge in [0, 0.05) is 12.2 Å². The summed E-state index contributed by atoms with van der Waals surface area (Å²) in [5.41, 5.74) is 2.67. The van der Waals surface area contributed by atoms with Gasteiger partial charge in [0.25, 0.3) is 0 Å². The van der Waals surface area contributed by atoms with Gasteiger partial charge in [-0.05, 0) is 55.5 Å². The Hall–Kier alpha value is -1.02. The molecule has 17 heavy (non-hydrogen) atoms. The van der Waals surface area contributed by atoms with Gasteiger partial charge in [-0.3, -0.25) is 0 Å². The smallest absolute Gasteiger partial charge is 0.0340 e. The van der Waals surface area contributed by atoms with E-state index in [1.807, 2.05) is 0 Å². The van der Waals surface area contributed by atoms with E-state index in [9.17, 15) is 0 Å². The molecule has 1 saturated heterocycles. The molecule has 1 aliphatic rings. The highest BCUT2D eigenvalue weighted by Gasteiger charge is 2.12. The van der Waals surface area contributed by atoms with Crippen LogP contribution in [0.5, 0.6) is 0 Å². The number of benzene rings is 1. The van der Waals surface area contributed by atoms with E-state index in [1.54, 1.807) is 0 Å². The Morgan fingerprint density at radius 1 is 1.18 bits per heavy atom. The van der Waals surface area contributed by atoms with Gasteiger partial charge in [-0.25, -0.2) is 0 Å². The van der Waals surface area contributed by atoms with Gasteiger partial charge in [0.2, 0.25) is 0 Å². The Balaban J connectivity index is 1.82. The average Bonchev–Trinajstić information content (AvgIpc) is 2.38. The van der Waals surface area contributed by atoms with Crippen molar-refractivity contribution in [2.24, 2.45) is 5.92 Å². The molecular formula is C15H24N2. The van der Waals surface area contributed by atoms with Gasteiger partial charge < -0.3 is 10.6 Å². The van der Waals surface area contributed by atoms with Crippen LogP contribution < -0.4 is 10.6 Å². The van der Waals surface area contributed by atoms with E-state index < -0.39 is 0 Å². The molecule has 0 bridgehead atoms. The molecule has 0 atom stereocenters. The zero-order chi connectivity index (χ0) is 12.1. The topological polar surface area (TPSA) is 24.1 Å². The molecule has 0 unspecified atom stereocenters. The molecule has 0 spiro atoms. The predicted octanol–water partition coefficient (Wildman–Crippen LogP) is 3.22. The van der Waals surface area contributed by atoms with Crippen LogP contribution in [0.2, 0.25) is 0 Å². The Kier molecular flexibility index (Phi) is 4.43. The van der Waals surface area contributed by atoms with Gasteiger partial charge in [0.1, 0.15) is 0 Å². The van der Waals surface area contributed by atoms with Crippen molar-refractivity contribution in [2.75, 3.05) is 25.0 Å². The zero-order valence-corrected chi connectivity index (χ0v) is 11.0. The fourth-order valence-electron chi connectivity index (χ4n) is 2.33. The van der Waals surface area contributed by atoms with E-state index in [0.717, 1.165) is 12.5 Å². The van der Waals surface area contributed by atoms with E-state index in [-0.39, 0.29) is 0 Å². The van der Waals surface area contributed by atoms with Crippen LogP contribution in [0.4, 0.5) is 5.69 Å². The van der Waals surface area contributed by atoms with E-state index >= 15 is 0 Å². The van der Waals surface area contributed by atoms with Crippen LogP contribution in [0.15, 0.2) is 24.3 Å². The van der Waals surface area contributed by atoms with Crippen LogP contribution in [0, 0.1) is 5.92 Å². The molecule has 0 saturated carbocycles. The monoisotopic (exact) mass is 232 g/mol. The van der Waals surface area contributed by atoms with Gasteiger partial charge in [-0.1, -0.05) is 26.0 Å². The summed E-state index contributed by atoms with van der Waals surface area (Å²) in [4.78, 5) is 0. The minimum atomic E-state index is 0.619. The SMILES string of the molecule is CC(C)c1ccc(NCC2CCNCC2)cc1. The minimum absolute atomic E-state index is 0.619. The second kappa shape index (κ2) is 6.06. The third-order valence-electron chi connectivity index (χ3n) is 3.63. The maximum Gasteiger partial charge on any atom is 0.0340 e. The summed E-state index contributed by atoms with van der Waals surface area (Å²) >= 11 is 0. The first kappa shape index (κ1) is 12.4. The normalized spacial score (nSPS) is 17.4. The fourth-order valence-corrected chi connectivity index (χ4v) is 2.33. The van der Waals surface area contributed by atoms with Crippen LogP contribution in [0.1, 0.15) is 38.2 Å². The van der Waals surface area contributed by atoms with Crippen molar-refractivity contribution in [3.05, 3.63) is 29.8 Å². The largest absolute Gasteiger partial charge is 0.385 e. The van der Waals surface area contributed by atoms with Gasteiger partial charge >= 0.3 is 0 Å². The standard InChI is InChI=1S/C15H24N2/c1-12(2)14-3-5-15(6-4-14)17-11-13-7-9-16-10-8-13/h3-6,12-13,16-17H,7-11H2,1-2H3.